The van der Waals surface area contributed by atoms with E-state index in [1.807, 2.05) is 54.0 Å². The Morgan fingerprint density at radius 1 is 1.05 bits per heavy atom. The number of carboxylic acids is 1. The molecular weight excluding hydrogens is 502 g/mol. The van der Waals surface area contributed by atoms with Gasteiger partial charge < -0.3 is 19.9 Å². The molecule has 0 saturated heterocycles. The zero-order chi connectivity index (χ0) is 27.0. The number of hydrogen-bond acceptors (Lipinski definition) is 8. The van der Waals surface area contributed by atoms with Crippen molar-refractivity contribution in [2.75, 3.05) is 19.5 Å². The third-order valence-corrected chi connectivity index (χ3v) is 7.90. The molecule has 0 aliphatic carbocycles. The van der Waals surface area contributed by atoms with Crippen molar-refractivity contribution >= 4 is 28.7 Å². The van der Waals surface area contributed by atoms with E-state index in [2.05, 4.69) is 29.4 Å². The lowest BCUT2D eigenvalue weighted by Crippen LogP contribution is -2.10. The summed E-state index contributed by atoms with van der Waals surface area (Å²) in [6, 6.07) is 13.2. The van der Waals surface area contributed by atoms with E-state index in [1.165, 1.54) is 4.88 Å². The van der Waals surface area contributed by atoms with E-state index in [0.29, 0.717) is 29.7 Å². The van der Waals surface area contributed by atoms with Crippen molar-refractivity contribution in [1.29, 1.82) is 0 Å². The summed E-state index contributed by atoms with van der Waals surface area (Å²) in [4.78, 5) is 17.9. The number of rotatable bonds is 8. The molecule has 0 fully saturated rings. The first-order valence-corrected chi connectivity index (χ1v) is 13.0. The molecule has 0 amide bonds. The first kappa shape index (κ1) is 25.5. The van der Waals surface area contributed by atoms with E-state index in [9.17, 15) is 9.90 Å². The van der Waals surface area contributed by atoms with Crippen molar-refractivity contribution in [1.82, 2.24) is 14.8 Å². The Kier molecular flexibility index (Phi) is 6.90. The highest BCUT2D eigenvalue weighted by Gasteiger charge is 2.32. The van der Waals surface area contributed by atoms with Crippen LogP contribution in [-0.2, 0) is 11.3 Å². The molecule has 0 unspecified atom stereocenters. The lowest BCUT2D eigenvalue weighted by Gasteiger charge is -2.13. The van der Waals surface area contributed by atoms with Gasteiger partial charge in [0.25, 0.3) is 0 Å². The van der Waals surface area contributed by atoms with Gasteiger partial charge in [-0.2, -0.15) is 0 Å². The average Bonchev–Trinajstić information content (AvgIpc) is 3.39. The van der Waals surface area contributed by atoms with Crippen LogP contribution in [-0.4, -0.2) is 45.8 Å². The van der Waals surface area contributed by atoms with Gasteiger partial charge in [-0.05, 0) is 56.2 Å². The van der Waals surface area contributed by atoms with Crippen LogP contribution in [0, 0.1) is 20.8 Å². The Hall–Kier alpha value is -4.18. The van der Waals surface area contributed by atoms with E-state index in [1.54, 1.807) is 25.6 Å². The third kappa shape index (κ3) is 4.63. The van der Waals surface area contributed by atoms with Crippen LogP contribution in [0.4, 0.5) is 5.69 Å². The van der Waals surface area contributed by atoms with Crippen LogP contribution >= 0.6 is 11.3 Å². The molecule has 1 atom stereocenters. The SMILES string of the molecule is COc1ccc(CNc2ccc(C3=N[C@@H](CC(=O)O)c4nnc(C)n4-c4sc(C)c(C)c43)cc2)cc1OC. The van der Waals surface area contributed by atoms with Gasteiger partial charge in [-0.25, -0.2) is 0 Å². The molecule has 2 aromatic carbocycles. The number of benzene rings is 2. The maximum absolute atomic E-state index is 11.7. The van der Waals surface area contributed by atoms with Gasteiger partial charge in [0.15, 0.2) is 17.3 Å². The molecule has 1 aliphatic rings. The van der Waals surface area contributed by atoms with E-state index in [0.717, 1.165) is 38.7 Å². The zero-order valence-electron chi connectivity index (χ0n) is 21.9. The number of aromatic nitrogens is 3. The molecule has 196 valence electrons. The van der Waals surface area contributed by atoms with Crippen LogP contribution in [0.3, 0.4) is 0 Å². The number of aliphatic imine (C=N–C) groups is 1. The Morgan fingerprint density at radius 3 is 2.47 bits per heavy atom. The lowest BCUT2D eigenvalue weighted by atomic mass is 9.99. The number of carbonyl (C=O) groups is 1. The maximum Gasteiger partial charge on any atom is 0.306 e. The van der Waals surface area contributed by atoms with Crippen LogP contribution in [0.25, 0.3) is 5.00 Å². The van der Waals surface area contributed by atoms with Crippen molar-refractivity contribution in [2.24, 2.45) is 4.99 Å². The van der Waals surface area contributed by atoms with E-state index < -0.39 is 12.0 Å². The minimum absolute atomic E-state index is 0.167. The minimum Gasteiger partial charge on any atom is -0.493 e. The fourth-order valence-electron chi connectivity index (χ4n) is 4.63. The number of aliphatic carboxylic acids is 1. The summed E-state index contributed by atoms with van der Waals surface area (Å²) in [7, 11) is 3.24. The normalized spacial score (nSPS) is 14.2. The maximum atomic E-state index is 11.7. The number of carboxylic acid groups (broad SMARTS) is 1. The Labute approximate surface area is 224 Å². The van der Waals surface area contributed by atoms with Crippen LogP contribution in [0.2, 0.25) is 0 Å². The number of ether oxygens (including phenoxy) is 2. The standard InChI is InChI=1S/C28H29N5O4S/c1-15-16(2)38-28-25(15)26(30-21(13-24(34)35)27-32-31-17(3)33(27)28)19-7-9-20(10-8-19)29-14-18-6-11-22(36-4)23(12-18)37-5/h6-12,21,29H,13-14H2,1-5H3,(H,34,35)/t21-/m0/s1. The summed E-state index contributed by atoms with van der Waals surface area (Å²) >= 11 is 1.65. The van der Waals surface area contributed by atoms with Crippen molar-refractivity contribution in [3.05, 3.63) is 81.2 Å². The van der Waals surface area contributed by atoms with Gasteiger partial charge in [-0.1, -0.05) is 18.2 Å². The molecule has 1 aliphatic heterocycles. The van der Waals surface area contributed by atoms with Gasteiger partial charge in [-0.15, -0.1) is 21.5 Å². The van der Waals surface area contributed by atoms with Crippen molar-refractivity contribution in [3.8, 4) is 16.5 Å². The molecule has 2 aromatic heterocycles. The summed E-state index contributed by atoms with van der Waals surface area (Å²) in [5.41, 5.74) is 5.81. The summed E-state index contributed by atoms with van der Waals surface area (Å²) in [5, 5.41) is 22.6. The number of thiophene rings is 1. The van der Waals surface area contributed by atoms with Crippen LogP contribution < -0.4 is 14.8 Å². The second-order valence-corrected chi connectivity index (χ2v) is 10.3. The van der Waals surface area contributed by atoms with E-state index in [-0.39, 0.29) is 6.42 Å². The second-order valence-electron chi connectivity index (χ2n) is 9.12. The molecule has 0 radical (unpaired) electrons. The third-order valence-electron chi connectivity index (χ3n) is 6.71. The summed E-state index contributed by atoms with van der Waals surface area (Å²) in [6.45, 7) is 6.66. The largest absolute Gasteiger partial charge is 0.493 e. The molecule has 10 heteroatoms. The van der Waals surface area contributed by atoms with Crippen LogP contribution in [0.1, 0.15) is 51.2 Å². The highest BCUT2D eigenvalue weighted by atomic mass is 32.1. The van der Waals surface area contributed by atoms with Crippen molar-refractivity contribution in [2.45, 2.75) is 39.8 Å². The minimum atomic E-state index is -0.932. The first-order valence-electron chi connectivity index (χ1n) is 12.2. The van der Waals surface area contributed by atoms with E-state index >= 15 is 0 Å². The fraction of sp³-hybridized carbons (Fsp3) is 0.286. The Morgan fingerprint density at radius 2 is 1.79 bits per heavy atom. The summed E-state index contributed by atoms with van der Waals surface area (Å²) in [6.07, 6.45) is -0.167. The number of hydrogen-bond donors (Lipinski definition) is 2. The smallest absolute Gasteiger partial charge is 0.306 e. The zero-order valence-corrected chi connectivity index (χ0v) is 22.7. The van der Waals surface area contributed by atoms with Crippen LogP contribution in [0.15, 0.2) is 47.5 Å². The highest BCUT2D eigenvalue weighted by molar-refractivity contribution is 7.15. The van der Waals surface area contributed by atoms with Crippen molar-refractivity contribution < 1.29 is 19.4 Å². The van der Waals surface area contributed by atoms with Gasteiger partial charge >= 0.3 is 5.97 Å². The quantitative estimate of drug-likeness (QED) is 0.319. The molecule has 2 N–H and O–H groups in total. The topological polar surface area (TPSA) is 111 Å². The van der Waals surface area contributed by atoms with Gasteiger partial charge in [0, 0.05) is 28.2 Å². The molecule has 0 bridgehead atoms. The Bertz CT molecular complexity index is 1540. The Balaban J connectivity index is 1.48. The number of anilines is 1. The van der Waals surface area contributed by atoms with Gasteiger partial charge in [-0.3, -0.25) is 14.4 Å². The molecule has 9 nitrogen and oxygen atoms in total. The van der Waals surface area contributed by atoms with Crippen molar-refractivity contribution in [3.63, 3.8) is 0 Å². The van der Waals surface area contributed by atoms with Gasteiger partial charge in [0.2, 0.25) is 0 Å². The molecule has 4 aromatic rings. The number of aryl methyl sites for hydroxylation is 2. The van der Waals surface area contributed by atoms with Gasteiger partial charge in [0.1, 0.15) is 16.9 Å². The first-order chi connectivity index (χ1) is 18.3. The monoisotopic (exact) mass is 531 g/mol. The number of methoxy groups -OCH3 is 2. The van der Waals surface area contributed by atoms with Gasteiger partial charge in [0.05, 0.1) is 26.4 Å². The van der Waals surface area contributed by atoms with Crippen LogP contribution in [0.5, 0.6) is 11.5 Å². The predicted molar refractivity (Wildman–Crippen MR) is 147 cm³/mol. The summed E-state index contributed by atoms with van der Waals surface area (Å²) in [5.74, 6) is 1.71. The molecule has 5 rings (SSSR count). The summed E-state index contributed by atoms with van der Waals surface area (Å²) < 4.78 is 12.7. The number of fused-ring (bicyclic) bond motifs is 3. The molecule has 0 spiro atoms. The number of nitrogens with zero attached hydrogens (tertiary/aromatic N) is 4. The molecule has 3 heterocycles. The fourth-order valence-corrected chi connectivity index (χ4v) is 5.84. The highest BCUT2D eigenvalue weighted by Crippen LogP contribution is 2.39. The lowest BCUT2D eigenvalue weighted by molar-refractivity contribution is -0.137. The van der Waals surface area contributed by atoms with E-state index in [4.69, 9.17) is 14.5 Å². The molecule has 38 heavy (non-hydrogen) atoms. The molecular formula is C28H29N5O4S. The molecule has 0 saturated carbocycles. The predicted octanol–water partition coefficient (Wildman–Crippen LogP) is 5.25. The average molecular weight is 532 g/mol. The second kappa shape index (κ2) is 10.3. The number of nitrogens with one attached hydrogen (secondary N) is 1.